The number of hydrazine groups is 1. The minimum atomic E-state index is -0.610. The summed E-state index contributed by atoms with van der Waals surface area (Å²) >= 11 is 0. The molecule has 2 aliphatic carbocycles. The number of nitrogens with zero attached hydrogens (tertiary/aromatic N) is 3. The van der Waals surface area contributed by atoms with Gasteiger partial charge in [0.2, 0.25) is 0 Å². The van der Waals surface area contributed by atoms with Crippen molar-refractivity contribution in [3.8, 4) is 0 Å². The van der Waals surface area contributed by atoms with Gasteiger partial charge in [0.1, 0.15) is 0 Å². The van der Waals surface area contributed by atoms with Gasteiger partial charge in [-0.1, -0.05) is 36.4 Å². The molecule has 0 aromatic heterocycles. The number of non-ortho nitro benzene ring substituents is 1. The molecule has 0 spiro atoms. The SMILES string of the molecule is O=C(c1cccc([N+](=O)[O-])c1)N(Cc1ccccc1)N1C(=O)[C@H]2[C@@H]3CC[C@@H](C3)[C@@H]2C1=O. The van der Waals surface area contributed by atoms with Crippen molar-refractivity contribution in [3.63, 3.8) is 0 Å². The molecule has 0 N–H and O–H groups in total. The quantitative estimate of drug-likeness (QED) is 0.421. The minimum absolute atomic E-state index is 0.0224. The highest BCUT2D eigenvalue weighted by Crippen LogP contribution is 2.56. The third-order valence-corrected chi connectivity index (χ3v) is 6.86. The van der Waals surface area contributed by atoms with Crippen LogP contribution in [0.4, 0.5) is 5.69 Å². The highest BCUT2D eigenvalue weighted by Gasteiger charge is 2.62. The van der Waals surface area contributed by atoms with Gasteiger partial charge in [0.25, 0.3) is 23.4 Å². The molecule has 158 valence electrons. The van der Waals surface area contributed by atoms with E-state index in [4.69, 9.17) is 0 Å². The Morgan fingerprint density at radius 2 is 1.65 bits per heavy atom. The van der Waals surface area contributed by atoms with Crippen molar-refractivity contribution in [2.75, 3.05) is 0 Å². The van der Waals surface area contributed by atoms with E-state index in [-0.39, 0.29) is 53.3 Å². The number of fused-ring (bicyclic) bond motifs is 5. The highest BCUT2D eigenvalue weighted by atomic mass is 16.6. The zero-order chi connectivity index (χ0) is 21.7. The van der Waals surface area contributed by atoms with Crippen molar-refractivity contribution in [1.82, 2.24) is 10.0 Å². The molecule has 0 unspecified atom stereocenters. The van der Waals surface area contributed by atoms with Gasteiger partial charge in [0, 0.05) is 17.7 Å². The van der Waals surface area contributed by atoms with E-state index in [0.29, 0.717) is 0 Å². The molecule has 4 atom stereocenters. The number of carbonyl (C=O) groups excluding carboxylic acids is 3. The van der Waals surface area contributed by atoms with Crippen LogP contribution in [0, 0.1) is 33.8 Å². The summed E-state index contributed by atoms with van der Waals surface area (Å²) in [5.74, 6) is -1.58. The third kappa shape index (κ3) is 3.10. The Hall–Kier alpha value is -3.55. The zero-order valence-corrected chi connectivity index (χ0v) is 16.7. The molecule has 2 aromatic carbocycles. The topological polar surface area (TPSA) is 101 Å². The monoisotopic (exact) mass is 419 g/mol. The number of nitro benzene ring substituents is 1. The number of imide groups is 1. The first-order valence-electron chi connectivity index (χ1n) is 10.4. The molecule has 0 radical (unpaired) electrons. The molecule has 1 heterocycles. The summed E-state index contributed by atoms with van der Waals surface area (Å²) in [5, 5.41) is 13.4. The lowest BCUT2D eigenvalue weighted by Gasteiger charge is -2.31. The van der Waals surface area contributed by atoms with E-state index in [1.165, 1.54) is 24.3 Å². The van der Waals surface area contributed by atoms with Crippen molar-refractivity contribution in [2.45, 2.75) is 25.8 Å². The van der Waals surface area contributed by atoms with Crippen molar-refractivity contribution in [3.05, 3.63) is 75.8 Å². The molecule has 2 saturated carbocycles. The minimum Gasteiger partial charge on any atom is -0.272 e. The van der Waals surface area contributed by atoms with E-state index in [1.54, 1.807) is 0 Å². The van der Waals surface area contributed by atoms with Crippen molar-refractivity contribution in [1.29, 1.82) is 0 Å². The second-order valence-corrected chi connectivity index (χ2v) is 8.53. The Morgan fingerprint density at radius 1 is 1.00 bits per heavy atom. The summed E-state index contributed by atoms with van der Waals surface area (Å²) in [7, 11) is 0. The van der Waals surface area contributed by atoms with E-state index in [2.05, 4.69) is 0 Å². The molecule has 2 bridgehead atoms. The molecule has 8 heteroatoms. The van der Waals surface area contributed by atoms with Gasteiger partial charge >= 0.3 is 0 Å². The lowest BCUT2D eigenvalue weighted by atomic mass is 9.81. The van der Waals surface area contributed by atoms with Crippen LogP contribution >= 0.6 is 0 Å². The predicted octanol–water partition coefficient (Wildman–Crippen LogP) is 3.18. The lowest BCUT2D eigenvalue weighted by molar-refractivity contribution is -0.384. The summed E-state index contributed by atoms with van der Waals surface area (Å²) in [6.07, 6.45) is 2.78. The fourth-order valence-corrected chi connectivity index (χ4v) is 5.52. The van der Waals surface area contributed by atoms with Gasteiger partial charge < -0.3 is 0 Å². The van der Waals surface area contributed by atoms with Gasteiger partial charge in [0.15, 0.2) is 0 Å². The molecule has 3 fully saturated rings. The van der Waals surface area contributed by atoms with Crippen LogP contribution < -0.4 is 0 Å². The fourth-order valence-electron chi connectivity index (χ4n) is 5.52. The summed E-state index contributed by atoms with van der Waals surface area (Å²) in [6.45, 7) is 0.0224. The van der Waals surface area contributed by atoms with E-state index >= 15 is 0 Å². The molecule has 1 saturated heterocycles. The number of hydrogen-bond acceptors (Lipinski definition) is 5. The van der Waals surface area contributed by atoms with Crippen LogP contribution in [0.15, 0.2) is 54.6 Å². The second-order valence-electron chi connectivity index (χ2n) is 8.53. The van der Waals surface area contributed by atoms with Crippen LogP contribution in [0.1, 0.15) is 35.2 Å². The first kappa shape index (κ1) is 19.4. The molecular formula is C23H21N3O5. The smallest absolute Gasteiger partial charge is 0.272 e. The summed E-state index contributed by atoms with van der Waals surface area (Å²) in [6, 6.07) is 14.4. The molecule has 3 amide bonds. The third-order valence-electron chi connectivity index (χ3n) is 6.86. The average Bonchev–Trinajstić information content (AvgIpc) is 3.46. The van der Waals surface area contributed by atoms with Crippen LogP contribution in [-0.2, 0) is 16.1 Å². The van der Waals surface area contributed by atoms with Crippen LogP contribution in [-0.4, -0.2) is 32.7 Å². The molecule has 1 aliphatic heterocycles. The summed E-state index contributed by atoms with van der Waals surface area (Å²) in [5.41, 5.74) is 0.590. The van der Waals surface area contributed by atoms with Gasteiger partial charge in [-0.25, -0.2) is 5.01 Å². The number of nitro groups is 1. The van der Waals surface area contributed by atoms with Crippen molar-refractivity contribution < 1.29 is 19.3 Å². The molecular weight excluding hydrogens is 398 g/mol. The molecule has 2 aromatic rings. The first-order chi connectivity index (χ1) is 15.0. The second kappa shape index (κ2) is 7.30. The Labute approximate surface area is 178 Å². The van der Waals surface area contributed by atoms with Crippen molar-refractivity contribution in [2.24, 2.45) is 23.7 Å². The molecule has 5 rings (SSSR count). The average molecular weight is 419 g/mol. The number of hydrogen-bond donors (Lipinski definition) is 0. The van der Waals surface area contributed by atoms with Gasteiger partial charge in [-0.3, -0.25) is 24.5 Å². The summed E-state index contributed by atoms with van der Waals surface area (Å²) in [4.78, 5) is 50.7. The van der Waals surface area contributed by atoms with Gasteiger partial charge in [-0.05, 0) is 42.7 Å². The Bertz CT molecular complexity index is 1060. The van der Waals surface area contributed by atoms with E-state index in [0.717, 1.165) is 34.8 Å². The van der Waals surface area contributed by atoms with E-state index < -0.39 is 10.8 Å². The predicted molar refractivity (Wildman–Crippen MR) is 109 cm³/mol. The maximum Gasteiger partial charge on any atom is 0.273 e. The lowest BCUT2D eigenvalue weighted by Crippen LogP contribution is -2.50. The number of rotatable bonds is 5. The van der Waals surface area contributed by atoms with Crippen LogP contribution in [0.5, 0.6) is 0 Å². The molecule has 8 nitrogen and oxygen atoms in total. The first-order valence-corrected chi connectivity index (χ1v) is 10.4. The Morgan fingerprint density at radius 3 is 2.26 bits per heavy atom. The van der Waals surface area contributed by atoms with Gasteiger partial charge in [-0.2, -0.15) is 5.01 Å². The summed E-state index contributed by atoms with van der Waals surface area (Å²) < 4.78 is 0. The van der Waals surface area contributed by atoms with E-state index in [1.807, 2.05) is 30.3 Å². The molecule has 3 aliphatic rings. The number of amides is 3. The Balaban J connectivity index is 1.53. The fraction of sp³-hybridized carbons (Fsp3) is 0.348. The van der Waals surface area contributed by atoms with Crippen LogP contribution in [0.3, 0.4) is 0 Å². The number of benzene rings is 2. The highest BCUT2D eigenvalue weighted by molar-refractivity contribution is 6.08. The largest absolute Gasteiger partial charge is 0.273 e. The van der Waals surface area contributed by atoms with Crippen molar-refractivity contribution >= 4 is 23.4 Å². The normalized spacial score (nSPS) is 26.3. The van der Waals surface area contributed by atoms with Gasteiger partial charge in [-0.15, -0.1) is 0 Å². The number of carbonyl (C=O) groups is 3. The van der Waals surface area contributed by atoms with Crippen LogP contribution in [0.25, 0.3) is 0 Å². The van der Waals surface area contributed by atoms with E-state index in [9.17, 15) is 24.5 Å². The van der Waals surface area contributed by atoms with Gasteiger partial charge in [0.05, 0.1) is 23.3 Å². The maximum atomic E-state index is 13.5. The zero-order valence-electron chi connectivity index (χ0n) is 16.7. The molecule has 31 heavy (non-hydrogen) atoms. The van der Waals surface area contributed by atoms with Crippen LogP contribution in [0.2, 0.25) is 0 Å². The maximum absolute atomic E-state index is 13.5. The standard InChI is InChI=1S/C23H21N3O5/c27-21(17-7-4-8-18(12-17)26(30)31)24(13-14-5-2-1-3-6-14)25-22(28)19-15-9-10-16(11-15)20(19)23(25)29/h1-8,12,15-16,19-20H,9-11,13H2/t15-,16+,19-,20-/m0/s1. The Kier molecular flexibility index (Phi) is 4.57.